The highest BCUT2D eigenvalue weighted by molar-refractivity contribution is 7.99. The monoisotopic (exact) mass is 282 g/mol. The zero-order valence-electron chi connectivity index (χ0n) is 10.6. The minimum atomic E-state index is -0.277. The van der Waals surface area contributed by atoms with Crippen LogP contribution >= 0.6 is 11.8 Å². The fourth-order valence-electron chi connectivity index (χ4n) is 1.92. The van der Waals surface area contributed by atoms with Crippen LogP contribution in [0.1, 0.15) is 10.4 Å². The van der Waals surface area contributed by atoms with E-state index in [0.717, 1.165) is 31.1 Å². The Hall–Kier alpha value is -1.40. The number of hydrogen-bond donors (Lipinski definition) is 3. The highest BCUT2D eigenvalue weighted by Crippen LogP contribution is 2.24. The first-order valence-electron chi connectivity index (χ1n) is 6.27. The summed E-state index contributed by atoms with van der Waals surface area (Å²) in [5, 5.41) is 21.3. The molecule has 0 radical (unpaired) electrons. The number of carbonyl (C=O) groups is 1. The van der Waals surface area contributed by atoms with E-state index in [0.29, 0.717) is 12.1 Å². The van der Waals surface area contributed by atoms with Gasteiger partial charge in [0.15, 0.2) is 11.5 Å². The van der Waals surface area contributed by atoms with Crippen molar-refractivity contribution in [3.05, 3.63) is 23.8 Å². The molecule has 0 bridgehead atoms. The molecule has 1 amide bonds. The summed E-state index contributed by atoms with van der Waals surface area (Å²) in [5.41, 5.74) is 0.351. The van der Waals surface area contributed by atoms with Crippen LogP contribution < -0.4 is 5.32 Å². The second-order valence-corrected chi connectivity index (χ2v) is 5.64. The second kappa shape index (κ2) is 6.68. The number of amides is 1. The molecule has 0 spiro atoms. The van der Waals surface area contributed by atoms with Gasteiger partial charge in [0, 0.05) is 43.2 Å². The number of nitrogens with one attached hydrogen (secondary N) is 1. The van der Waals surface area contributed by atoms with Crippen molar-refractivity contribution in [1.29, 1.82) is 0 Å². The van der Waals surface area contributed by atoms with Gasteiger partial charge in [-0.05, 0) is 18.2 Å². The summed E-state index contributed by atoms with van der Waals surface area (Å²) in [5.74, 6) is 1.57. The van der Waals surface area contributed by atoms with E-state index in [2.05, 4.69) is 10.2 Å². The SMILES string of the molecule is O=C(NCCN1CCSCC1)c1ccc(O)c(O)c1. The van der Waals surface area contributed by atoms with E-state index in [1.54, 1.807) is 0 Å². The van der Waals surface area contributed by atoms with E-state index in [9.17, 15) is 15.0 Å². The van der Waals surface area contributed by atoms with Gasteiger partial charge in [-0.2, -0.15) is 11.8 Å². The number of carbonyl (C=O) groups excluding carboxylic acids is 1. The Morgan fingerprint density at radius 3 is 2.68 bits per heavy atom. The number of nitrogens with zero attached hydrogens (tertiary/aromatic N) is 1. The summed E-state index contributed by atoms with van der Waals surface area (Å²) < 4.78 is 0. The molecule has 5 nitrogen and oxygen atoms in total. The van der Waals surface area contributed by atoms with Crippen LogP contribution in [0.25, 0.3) is 0 Å². The number of phenolic OH excluding ortho intramolecular Hbond substituents is 2. The van der Waals surface area contributed by atoms with Crippen molar-refractivity contribution in [2.24, 2.45) is 0 Å². The van der Waals surface area contributed by atoms with Crippen molar-refractivity contribution < 1.29 is 15.0 Å². The molecule has 104 valence electrons. The molecule has 1 aliphatic rings. The van der Waals surface area contributed by atoms with E-state index >= 15 is 0 Å². The fourth-order valence-corrected chi connectivity index (χ4v) is 2.90. The van der Waals surface area contributed by atoms with E-state index in [4.69, 9.17) is 0 Å². The third kappa shape index (κ3) is 4.04. The second-order valence-electron chi connectivity index (χ2n) is 4.41. The molecule has 19 heavy (non-hydrogen) atoms. The zero-order valence-corrected chi connectivity index (χ0v) is 11.4. The van der Waals surface area contributed by atoms with Gasteiger partial charge in [-0.3, -0.25) is 9.69 Å². The standard InChI is InChI=1S/C13H18N2O3S/c16-11-2-1-10(9-12(11)17)13(18)14-3-4-15-5-7-19-8-6-15/h1-2,9,16-17H,3-8H2,(H,14,18). The molecule has 1 aliphatic heterocycles. The van der Waals surface area contributed by atoms with Crippen molar-refractivity contribution >= 4 is 17.7 Å². The highest BCUT2D eigenvalue weighted by Gasteiger charge is 2.11. The third-order valence-electron chi connectivity index (χ3n) is 3.05. The Morgan fingerprint density at radius 1 is 1.26 bits per heavy atom. The summed E-state index contributed by atoms with van der Waals surface area (Å²) in [6, 6.07) is 4.07. The molecule has 0 atom stereocenters. The maximum atomic E-state index is 11.8. The predicted octanol–water partition coefficient (Wildman–Crippen LogP) is 0.876. The molecule has 0 saturated carbocycles. The van der Waals surface area contributed by atoms with Crippen LogP contribution in [0.3, 0.4) is 0 Å². The van der Waals surface area contributed by atoms with Crippen molar-refractivity contribution in [2.75, 3.05) is 37.7 Å². The summed E-state index contributed by atoms with van der Waals surface area (Å²) in [4.78, 5) is 14.1. The molecule has 1 heterocycles. The van der Waals surface area contributed by atoms with E-state index in [1.165, 1.54) is 18.2 Å². The molecule has 6 heteroatoms. The van der Waals surface area contributed by atoms with Crippen molar-refractivity contribution in [3.8, 4) is 11.5 Å². The first-order chi connectivity index (χ1) is 9.16. The smallest absolute Gasteiger partial charge is 0.251 e. The zero-order chi connectivity index (χ0) is 13.7. The van der Waals surface area contributed by atoms with Gasteiger partial charge in [0.1, 0.15) is 0 Å². The lowest BCUT2D eigenvalue weighted by Gasteiger charge is -2.25. The Morgan fingerprint density at radius 2 is 2.00 bits per heavy atom. The van der Waals surface area contributed by atoms with Crippen molar-refractivity contribution in [1.82, 2.24) is 10.2 Å². The number of phenols is 2. The third-order valence-corrected chi connectivity index (χ3v) is 4.00. The topological polar surface area (TPSA) is 72.8 Å². The summed E-state index contributed by atoms with van der Waals surface area (Å²) in [6.45, 7) is 3.57. The lowest BCUT2D eigenvalue weighted by molar-refractivity contribution is 0.0948. The van der Waals surface area contributed by atoms with Gasteiger partial charge in [-0.25, -0.2) is 0 Å². The van der Waals surface area contributed by atoms with Crippen molar-refractivity contribution in [2.45, 2.75) is 0 Å². The average Bonchev–Trinajstić information content (AvgIpc) is 2.43. The van der Waals surface area contributed by atoms with E-state index < -0.39 is 0 Å². The van der Waals surface area contributed by atoms with E-state index in [-0.39, 0.29) is 17.4 Å². The summed E-state index contributed by atoms with van der Waals surface area (Å²) >= 11 is 1.96. The molecule has 1 aromatic rings. The molecule has 0 aromatic heterocycles. The summed E-state index contributed by atoms with van der Waals surface area (Å²) in [6.07, 6.45) is 0. The molecule has 1 aromatic carbocycles. The molecule has 0 unspecified atom stereocenters. The largest absolute Gasteiger partial charge is 0.504 e. The number of hydrogen-bond acceptors (Lipinski definition) is 5. The maximum absolute atomic E-state index is 11.8. The van der Waals surface area contributed by atoms with Gasteiger partial charge < -0.3 is 15.5 Å². The van der Waals surface area contributed by atoms with Crippen LogP contribution in [-0.2, 0) is 0 Å². The van der Waals surface area contributed by atoms with Crippen LogP contribution in [0.5, 0.6) is 11.5 Å². The van der Waals surface area contributed by atoms with Gasteiger partial charge in [0.05, 0.1) is 0 Å². The van der Waals surface area contributed by atoms with Crippen LogP contribution in [0.2, 0.25) is 0 Å². The quantitative estimate of drug-likeness (QED) is 0.715. The lowest BCUT2D eigenvalue weighted by atomic mass is 10.2. The Bertz CT molecular complexity index is 448. The van der Waals surface area contributed by atoms with E-state index in [1.807, 2.05) is 11.8 Å². The first-order valence-corrected chi connectivity index (χ1v) is 7.42. The van der Waals surface area contributed by atoms with Crippen molar-refractivity contribution in [3.63, 3.8) is 0 Å². The number of benzene rings is 1. The Kier molecular flexibility index (Phi) is 4.93. The Labute approximate surface area is 116 Å². The molecule has 3 N–H and O–H groups in total. The van der Waals surface area contributed by atoms with Gasteiger partial charge in [-0.15, -0.1) is 0 Å². The minimum Gasteiger partial charge on any atom is -0.504 e. The van der Waals surface area contributed by atoms with Crippen LogP contribution in [0.4, 0.5) is 0 Å². The maximum Gasteiger partial charge on any atom is 0.251 e. The minimum absolute atomic E-state index is 0.220. The molecular formula is C13H18N2O3S. The van der Waals surface area contributed by atoms with Crippen LogP contribution in [0.15, 0.2) is 18.2 Å². The number of aromatic hydroxyl groups is 2. The molecular weight excluding hydrogens is 264 g/mol. The lowest BCUT2D eigenvalue weighted by Crippen LogP contribution is -2.39. The van der Waals surface area contributed by atoms with Gasteiger partial charge in [0.25, 0.3) is 5.91 Å². The van der Waals surface area contributed by atoms with Crippen LogP contribution in [-0.4, -0.2) is 58.7 Å². The predicted molar refractivity (Wildman–Crippen MR) is 75.9 cm³/mol. The molecule has 1 fully saturated rings. The highest BCUT2D eigenvalue weighted by atomic mass is 32.2. The number of thioether (sulfide) groups is 1. The van der Waals surface area contributed by atoms with Gasteiger partial charge in [0.2, 0.25) is 0 Å². The average molecular weight is 282 g/mol. The fraction of sp³-hybridized carbons (Fsp3) is 0.462. The van der Waals surface area contributed by atoms with Gasteiger partial charge in [-0.1, -0.05) is 0 Å². The number of rotatable bonds is 4. The Balaban J connectivity index is 1.78. The normalized spacial score (nSPS) is 16.2. The molecule has 2 rings (SSSR count). The van der Waals surface area contributed by atoms with Gasteiger partial charge >= 0.3 is 0 Å². The summed E-state index contributed by atoms with van der Waals surface area (Å²) in [7, 11) is 0. The van der Waals surface area contributed by atoms with Crippen LogP contribution in [0, 0.1) is 0 Å². The first kappa shape index (κ1) is 14.0. The molecule has 1 saturated heterocycles. The molecule has 0 aliphatic carbocycles.